The lowest BCUT2D eigenvalue weighted by Crippen LogP contribution is -2.37. The number of ether oxygens (including phenoxy) is 1. The van der Waals surface area contributed by atoms with Crippen molar-refractivity contribution in [1.29, 1.82) is 0 Å². The minimum absolute atomic E-state index is 0.112. The number of hydrogen-bond donors (Lipinski definition) is 1. The summed E-state index contributed by atoms with van der Waals surface area (Å²) in [5.74, 6) is 0.0704. The number of nitrogens with one attached hydrogen (secondary N) is 1. The van der Waals surface area contributed by atoms with Crippen LogP contribution in [0.25, 0.3) is 10.8 Å². The molecule has 0 aliphatic carbocycles. The SMILES string of the molecule is COc1ccc(Br)cc1/C=N\NC(=O)CN1C(=O)c2cccc3cccc1c23. The van der Waals surface area contributed by atoms with Crippen LogP contribution in [0.2, 0.25) is 0 Å². The average molecular weight is 438 g/mol. The molecule has 140 valence electrons. The molecule has 4 rings (SSSR count). The van der Waals surface area contributed by atoms with Gasteiger partial charge in [0.25, 0.3) is 11.8 Å². The van der Waals surface area contributed by atoms with Crippen LogP contribution in [0, 0.1) is 0 Å². The van der Waals surface area contributed by atoms with E-state index in [1.54, 1.807) is 19.2 Å². The van der Waals surface area contributed by atoms with E-state index in [1.807, 2.05) is 42.5 Å². The molecule has 7 heteroatoms. The molecule has 0 aromatic heterocycles. The van der Waals surface area contributed by atoms with Crippen LogP contribution in [-0.2, 0) is 4.79 Å². The van der Waals surface area contributed by atoms with Crippen molar-refractivity contribution in [3.63, 3.8) is 0 Å². The summed E-state index contributed by atoms with van der Waals surface area (Å²) in [6.07, 6.45) is 1.50. The van der Waals surface area contributed by atoms with Gasteiger partial charge in [-0.15, -0.1) is 0 Å². The van der Waals surface area contributed by atoms with Gasteiger partial charge < -0.3 is 4.74 Å². The van der Waals surface area contributed by atoms with Crippen LogP contribution in [-0.4, -0.2) is 31.7 Å². The predicted molar refractivity (Wildman–Crippen MR) is 112 cm³/mol. The van der Waals surface area contributed by atoms with Crippen molar-refractivity contribution in [2.24, 2.45) is 5.10 Å². The van der Waals surface area contributed by atoms with Crippen LogP contribution >= 0.6 is 15.9 Å². The zero-order valence-electron chi connectivity index (χ0n) is 15.0. The Morgan fingerprint density at radius 3 is 2.79 bits per heavy atom. The van der Waals surface area contributed by atoms with Crippen LogP contribution < -0.4 is 15.1 Å². The molecule has 3 aromatic carbocycles. The topological polar surface area (TPSA) is 71.0 Å². The number of amides is 2. The molecule has 3 aromatic rings. The zero-order valence-corrected chi connectivity index (χ0v) is 16.6. The van der Waals surface area contributed by atoms with Crippen molar-refractivity contribution < 1.29 is 14.3 Å². The first-order valence-corrected chi connectivity index (χ1v) is 9.37. The fourth-order valence-corrected chi connectivity index (χ4v) is 3.67. The van der Waals surface area contributed by atoms with Gasteiger partial charge in [-0.05, 0) is 35.7 Å². The van der Waals surface area contributed by atoms with E-state index in [-0.39, 0.29) is 18.4 Å². The van der Waals surface area contributed by atoms with E-state index < -0.39 is 0 Å². The summed E-state index contributed by atoms with van der Waals surface area (Å²) in [6, 6.07) is 16.7. The number of methoxy groups -OCH3 is 1. The van der Waals surface area contributed by atoms with E-state index in [0.717, 1.165) is 20.9 Å². The van der Waals surface area contributed by atoms with Gasteiger partial charge in [0, 0.05) is 21.0 Å². The number of carbonyl (C=O) groups excluding carboxylic acids is 2. The molecule has 0 radical (unpaired) electrons. The molecule has 0 saturated heterocycles. The Kier molecular flexibility index (Phi) is 4.83. The smallest absolute Gasteiger partial charge is 0.260 e. The highest BCUT2D eigenvalue weighted by molar-refractivity contribution is 9.10. The fourth-order valence-electron chi connectivity index (χ4n) is 3.29. The maximum absolute atomic E-state index is 12.7. The molecule has 2 amide bonds. The highest BCUT2D eigenvalue weighted by Crippen LogP contribution is 2.36. The van der Waals surface area contributed by atoms with Gasteiger partial charge in [0.15, 0.2) is 0 Å². The Morgan fingerprint density at radius 1 is 1.21 bits per heavy atom. The maximum Gasteiger partial charge on any atom is 0.260 e. The minimum atomic E-state index is -0.386. The second kappa shape index (κ2) is 7.44. The van der Waals surface area contributed by atoms with E-state index >= 15 is 0 Å². The summed E-state index contributed by atoms with van der Waals surface area (Å²) in [5, 5.41) is 5.85. The van der Waals surface area contributed by atoms with Gasteiger partial charge in [0.2, 0.25) is 0 Å². The molecule has 0 bridgehead atoms. The largest absolute Gasteiger partial charge is 0.496 e. The number of hydrogen-bond acceptors (Lipinski definition) is 4. The van der Waals surface area contributed by atoms with Crippen molar-refractivity contribution >= 4 is 50.4 Å². The molecule has 0 unspecified atom stereocenters. The Balaban J connectivity index is 1.49. The van der Waals surface area contributed by atoms with Crippen molar-refractivity contribution in [1.82, 2.24) is 5.43 Å². The molecule has 1 heterocycles. The van der Waals surface area contributed by atoms with Gasteiger partial charge in [-0.25, -0.2) is 5.43 Å². The summed E-state index contributed by atoms with van der Waals surface area (Å²) in [7, 11) is 1.57. The molecule has 0 saturated carbocycles. The fraction of sp³-hybridized carbons (Fsp3) is 0.0952. The average Bonchev–Trinajstić information content (AvgIpc) is 2.96. The molecule has 1 N–H and O–H groups in total. The molecule has 0 atom stereocenters. The Labute approximate surface area is 169 Å². The first-order chi connectivity index (χ1) is 13.6. The van der Waals surface area contributed by atoms with Crippen LogP contribution in [0.5, 0.6) is 5.75 Å². The van der Waals surface area contributed by atoms with Crippen molar-refractivity contribution in [2.45, 2.75) is 0 Å². The van der Waals surface area contributed by atoms with Crippen LogP contribution in [0.1, 0.15) is 15.9 Å². The van der Waals surface area contributed by atoms with Gasteiger partial charge >= 0.3 is 0 Å². The summed E-state index contributed by atoms with van der Waals surface area (Å²) in [5.41, 5.74) is 4.54. The number of rotatable bonds is 5. The number of benzene rings is 3. The highest BCUT2D eigenvalue weighted by atomic mass is 79.9. The number of halogens is 1. The molecule has 1 aliphatic heterocycles. The summed E-state index contributed by atoms with van der Waals surface area (Å²) in [6.45, 7) is -0.112. The number of anilines is 1. The number of carbonyl (C=O) groups is 2. The van der Waals surface area contributed by atoms with E-state index in [0.29, 0.717) is 16.9 Å². The lowest BCUT2D eigenvalue weighted by Gasteiger charge is -2.16. The Bertz CT molecular complexity index is 1120. The third-order valence-corrected chi connectivity index (χ3v) is 5.03. The number of nitrogens with zero attached hydrogens (tertiary/aromatic N) is 2. The quantitative estimate of drug-likeness (QED) is 0.488. The van der Waals surface area contributed by atoms with Gasteiger partial charge in [0.1, 0.15) is 12.3 Å². The van der Waals surface area contributed by atoms with E-state index in [4.69, 9.17) is 4.74 Å². The first-order valence-electron chi connectivity index (χ1n) is 8.57. The summed E-state index contributed by atoms with van der Waals surface area (Å²) in [4.78, 5) is 26.6. The van der Waals surface area contributed by atoms with E-state index in [1.165, 1.54) is 11.1 Å². The Morgan fingerprint density at radius 2 is 2.00 bits per heavy atom. The van der Waals surface area contributed by atoms with Crippen molar-refractivity contribution in [2.75, 3.05) is 18.6 Å². The summed E-state index contributed by atoms with van der Waals surface area (Å²) >= 11 is 3.39. The predicted octanol–water partition coefficient (Wildman–Crippen LogP) is 3.72. The van der Waals surface area contributed by atoms with Crippen molar-refractivity contribution in [3.8, 4) is 5.75 Å². The lowest BCUT2D eigenvalue weighted by atomic mass is 10.1. The standard InChI is InChI=1S/C21H16BrN3O3/c1-28-18-9-8-15(22)10-14(18)11-23-24-19(26)12-25-17-7-3-5-13-4-2-6-16(20(13)17)21(25)27/h2-11H,12H2,1H3,(H,24,26)/b23-11-. The van der Waals surface area contributed by atoms with Gasteiger partial charge in [-0.2, -0.15) is 5.10 Å². The van der Waals surface area contributed by atoms with Crippen LogP contribution in [0.15, 0.2) is 64.2 Å². The molecular formula is C21H16BrN3O3. The summed E-state index contributed by atoms with van der Waals surface area (Å²) < 4.78 is 6.14. The molecule has 6 nitrogen and oxygen atoms in total. The van der Waals surface area contributed by atoms with Gasteiger partial charge in [-0.3, -0.25) is 14.5 Å². The Hall–Kier alpha value is -3.19. The molecule has 28 heavy (non-hydrogen) atoms. The first kappa shape index (κ1) is 18.2. The van der Waals surface area contributed by atoms with E-state index in [9.17, 15) is 9.59 Å². The normalized spacial score (nSPS) is 12.8. The van der Waals surface area contributed by atoms with Crippen molar-refractivity contribution in [3.05, 3.63) is 70.2 Å². The molecule has 0 fully saturated rings. The van der Waals surface area contributed by atoms with Gasteiger partial charge in [0.05, 0.1) is 19.0 Å². The number of hydrazone groups is 1. The second-order valence-corrected chi connectivity index (χ2v) is 7.17. The molecular weight excluding hydrogens is 422 g/mol. The second-order valence-electron chi connectivity index (χ2n) is 6.25. The van der Waals surface area contributed by atoms with Gasteiger partial charge in [-0.1, -0.05) is 40.2 Å². The zero-order chi connectivity index (χ0) is 19.7. The van der Waals surface area contributed by atoms with Crippen LogP contribution in [0.3, 0.4) is 0 Å². The highest BCUT2D eigenvalue weighted by Gasteiger charge is 2.30. The van der Waals surface area contributed by atoms with Crippen LogP contribution in [0.4, 0.5) is 5.69 Å². The monoisotopic (exact) mass is 437 g/mol. The third kappa shape index (κ3) is 3.25. The lowest BCUT2D eigenvalue weighted by molar-refractivity contribution is -0.119. The minimum Gasteiger partial charge on any atom is -0.496 e. The van der Waals surface area contributed by atoms with E-state index in [2.05, 4.69) is 26.5 Å². The molecule has 1 aliphatic rings. The third-order valence-electron chi connectivity index (χ3n) is 4.54. The maximum atomic E-state index is 12.7. The molecule has 0 spiro atoms.